The summed E-state index contributed by atoms with van der Waals surface area (Å²) in [6.45, 7) is 1.72. The third kappa shape index (κ3) is 2.25. The summed E-state index contributed by atoms with van der Waals surface area (Å²) in [5, 5.41) is 1.01. The second kappa shape index (κ2) is 5.61. The van der Waals surface area contributed by atoms with Crippen LogP contribution in [0.4, 0.5) is 0 Å². The van der Waals surface area contributed by atoms with E-state index in [0.717, 1.165) is 53.7 Å². The second-order valence-corrected chi connectivity index (χ2v) is 6.07. The molecule has 0 N–H and O–H groups in total. The average molecular weight is 308 g/mol. The molecule has 0 saturated carbocycles. The van der Waals surface area contributed by atoms with Crippen LogP contribution >= 0.6 is 0 Å². The van der Waals surface area contributed by atoms with Gasteiger partial charge in [-0.2, -0.15) is 0 Å². The van der Waals surface area contributed by atoms with E-state index in [1.165, 1.54) is 6.42 Å². The number of benzene rings is 1. The molecule has 1 saturated heterocycles. The Morgan fingerprint density at radius 1 is 1.00 bits per heavy atom. The van der Waals surface area contributed by atoms with E-state index in [1.54, 1.807) is 7.11 Å². The zero-order valence-corrected chi connectivity index (χ0v) is 13.3. The molecular weight excluding hydrogens is 288 g/mol. The van der Waals surface area contributed by atoms with Crippen molar-refractivity contribution < 1.29 is 9.53 Å². The number of carbonyl (C=O) groups is 1. The van der Waals surface area contributed by atoms with E-state index >= 15 is 0 Å². The molecule has 0 aliphatic carbocycles. The number of methoxy groups -OCH3 is 1. The molecule has 3 aromatic rings. The van der Waals surface area contributed by atoms with Gasteiger partial charge in [0.05, 0.1) is 29.9 Å². The highest BCUT2D eigenvalue weighted by Gasteiger charge is 2.24. The van der Waals surface area contributed by atoms with Gasteiger partial charge in [-0.1, -0.05) is 18.2 Å². The lowest BCUT2D eigenvalue weighted by Crippen LogP contribution is -2.35. The number of fused-ring (bicyclic) bond motifs is 3. The van der Waals surface area contributed by atoms with Gasteiger partial charge in [0.15, 0.2) is 0 Å². The van der Waals surface area contributed by atoms with Gasteiger partial charge >= 0.3 is 0 Å². The van der Waals surface area contributed by atoms with Crippen LogP contribution in [0.15, 0.2) is 42.6 Å². The fourth-order valence-corrected chi connectivity index (χ4v) is 3.52. The molecule has 1 aliphatic rings. The molecule has 1 amide bonds. The summed E-state index contributed by atoms with van der Waals surface area (Å²) in [6.07, 6.45) is 5.37. The number of likely N-dealkylation sites (tertiary alicyclic amines) is 1. The lowest BCUT2D eigenvalue weighted by atomic mass is 10.1. The molecule has 2 aromatic heterocycles. The monoisotopic (exact) mass is 308 g/mol. The van der Waals surface area contributed by atoms with E-state index < -0.39 is 0 Å². The van der Waals surface area contributed by atoms with Crippen molar-refractivity contribution in [1.29, 1.82) is 0 Å². The molecule has 1 fully saturated rings. The highest BCUT2D eigenvalue weighted by molar-refractivity contribution is 6.13. The Kier molecular flexibility index (Phi) is 3.45. The summed E-state index contributed by atoms with van der Waals surface area (Å²) in [6, 6.07) is 12.0. The lowest BCUT2D eigenvalue weighted by Gasteiger charge is -2.26. The molecule has 0 unspecified atom stereocenters. The molecule has 4 nitrogen and oxygen atoms in total. The van der Waals surface area contributed by atoms with Gasteiger partial charge in [-0.25, -0.2) is 0 Å². The van der Waals surface area contributed by atoms with Crippen LogP contribution in [-0.2, 0) is 0 Å². The topological polar surface area (TPSA) is 34.0 Å². The van der Waals surface area contributed by atoms with E-state index in [1.807, 2.05) is 41.4 Å². The normalized spacial score (nSPS) is 15.3. The maximum atomic E-state index is 13.1. The number of hydrogen-bond acceptors (Lipinski definition) is 2. The molecule has 1 aliphatic heterocycles. The number of hydrogen-bond donors (Lipinski definition) is 0. The van der Waals surface area contributed by atoms with Crippen LogP contribution in [0.25, 0.3) is 16.4 Å². The van der Waals surface area contributed by atoms with Crippen LogP contribution in [-0.4, -0.2) is 35.4 Å². The number of amides is 1. The van der Waals surface area contributed by atoms with E-state index in [-0.39, 0.29) is 5.91 Å². The summed E-state index contributed by atoms with van der Waals surface area (Å²) in [5.41, 5.74) is 2.80. The molecule has 3 heterocycles. The van der Waals surface area contributed by atoms with E-state index in [9.17, 15) is 4.79 Å². The first-order valence-corrected chi connectivity index (χ1v) is 8.15. The van der Waals surface area contributed by atoms with Crippen LogP contribution in [0.1, 0.15) is 29.6 Å². The third-order valence-corrected chi connectivity index (χ3v) is 4.70. The number of pyridine rings is 1. The van der Waals surface area contributed by atoms with Crippen LogP contribution in [0, 0.1) is 0 Å². The highest BCUT2D eigenvalue weighted by atomic mass is 16.5. The first-order valence-electron chi connectivity index (χ1n) is 8.15. The first-order chi connectivity index (χ1) is 11.3. The molecule has 0 bridgehead atoms. The Labute approximate surface area is 135 Å². The number of nitrogens with zero attached hydrogens (tertiary/aromatic N) is 2. The van der Waals surface area contributed by atoms with Crippen molar-refractivity contribution in [2.75, 3.05) is 20.2 Å². The van der Waals surface area contributed by atoms with Crippen molar-refractivity contribution in [2.24, 2.45) is 0 Å². The van der Waals surface area contributed by atoms with Crippen LogP contribution in [0.2, 0.25) is 0 Å². The molecule has 4 heteroatoms. The maximum Gasteiger partial charge on any atom is 0.256 e. The van der Waals surface area contributed by atoms with Gasteiger partial charge in [0.25, 0.3) is 5.91 Å². The molecule has 23 heavy (non-hydrogen) atoms. The number of piperidine rings is 1. The molecular formula is C19H20N2O2. The van der Waals surface area contributed by atoms with Crippen LogP contribution in [0.5, 0.6) is 5.75 Å². The minimum atomic E-state index is 0.147. The SMILES string of the molecule is COc1ccc2c(C(=O)N3CCCCC3)c3ccccc3n2c1. The summed E-state index contributed by atoms with van der Waals surface area (Å²) >= 11 is 0. The van der Waals surface area contributed by atoms with Gasteiger partial charge in [-0.05, 0) is 37.5 Å². The van der Waals surface area contributed by atoms with E-state index in [4.69, 9.17) is 4.74 Å². The quantitative estimate of drug-likeness (QED) is 0.723. The van der Waals surface area contributed by atoms with Gasteiger partial charge in [-0.3, -0.25) is 4.79 Å². The number of ether oxygens (including phenoxy) is 1. The lowest BCUT2D eigenvalue weighted by molar-refractivity contribution is 0.0728. The fraction of sp³-hybridized carbons (Fsp3) is 0.316. The van der Waals surface area contributed by atoms with Crippen molar-refractivity contribution in [1.82, 2.24) is 9.30 Å². The van der Waals surface area contributed by atoms with Crippen LogP contribution in [0.3, 0.4) is 0 Å². The van der Waals surface area contributed by atoms with Crippen molar-refractivity contribution >= 4 is 22.3 Å². The van der Waals surface area contributed by atoms with E-state index in [0.29, 0.717) is 0 Å². The Hall–Kier alpha value is -2.49. The largest absolute Gasteiger partial charge is 0.495 e. The number of rotatable bonds is 2. The zero-order valence-electron chi connectivity index (χ0n) is 13.3. The predicted molar refractivity (Wildman–Crippen MR) is 91.2 cm³/mol. The average Bonchev–Trinajstić information content (AvgIpc) is 2.95. The highest BCUT2D eigenvalue weighted by Crippen LogP contribution is 2.30. The standard InChI is InChI=1S/C19H20N2O2/c1-23-14-9-10-17-18(19(22)20-11-5-2-6-12-20)15-7-3-4-8-16(15)21(17)13-14/h3-4,7-10,13H,2,5-6,11-12H2,1H3. The molecule has 1 aromatic carbocycles. The predicted octanol–water partition coefficient (Wildman–Crippen LogP) is 3.73. The smallest absolute Gasteiger partial charge is 0.256 e. The van der Waals surface area contributed by atoms with Gasteiger partial charge in [0.2, 0.25) is 0 Å². The summed E-state index contributed by atoms with van der Waals surface area (Å²) in [7, 11) is 1.66. The summed E-state index contributed by atoms with van der Waals surface area (Å²) in [5.74, 6) is 0.934. The first kappa shape index (κ1) is 14.1. The van der Waals surface area contributed by atoms with Crippen LogP contribution < -0.4 is 4.74 Å². The van der Waals surface area contributed by atoms with Gasteiger partial charge < -0.3 is 14.0 Å². The minimum Gasteiger partial charge on any atom is -0.495 e. The zero-order chi connectivity index (χ0) is 15.8. The second-order valence-electron chi connectivity index (χ2n) is 6.07. The Morgan fingerprint density at radius 2 is 1.78 bits per heavy atom. The van der Waals surface area contributed by atoms with E-state index in [2.05, 4.69) is 10.5 Å². The molecule has 0 radical (unpaired) electrons. The Morgan fingerprint density at radius 3 is 2.57 bits per heavy atom. The number of para-hydroxylation sites is 1. The van der Waals surface area contributed by atoms with Gasteiger partial charge in [0, 0.05) is 18.5 Å². The van der Waals surface area contributed by atoms with Gasteiger partial charge in [-0.15, -0.1) is 0 Å². The number of carbonyl (C=O) groups excluding carboxylic acids is 1. The van der Waals surface area contributed by atoms with Crippen molar-refractivity contribution in [3.8, 4) is 5.75 Å². The maximum absolute atomic E-state index is 13.1. The molecule has 0 spiro atoms. The molecule has 118 valence electrons. The van der Waals surface area contributed by atoms with Crippen molar-refractivity contribution in [2.45, 2.75) is 19.3 Å². The fourth-order valence-electron chi connectivity index (χ4n) is 3.52. The Balaban J connectivity index is 1.94. The van der Waals surface area contributed by atoms with Crippen molar-refractivity contribution in [3.63, 3.8) is 0 Å². The molecule has 4 rings (SSSR count). The summed E-state index contributed by atoms with van der Waals surface area (Å²) < 4.78 is 7.40. The number of aromatic nitrogens is 1. The Bertz CT molecular complexity index is 876. The molecule has 0 atom stereocenters. The van der Waals surface area contributed by atoms with Crippen molar-refractivity contribution in [3.05, 3.63) is 48.2 Å². The summed E-state index contributed by atoms with van der Waals surface area (Å²) in [4.78, 5) is 15.1. The van der Waals surface area contributed by atoms with Gasteiger partial charge in [0.1, 0.15) is 5.75 Å². The minimum absolute atomic E-state index is 0.147. The third-order valence-electron chi connectivity index (χ3n) is 4.70.